The minimum atomic E-state index is -0.478. The third kappa shape index (κ3) is 2.61. The zero-order chi connectivity index (χ0) is 13.1. The lowest BCUT2D eigenvalue weighted by atomic mass is 9.99. The minimum Gasteiger partial charge on any atom is -0.493 e. The Bertz CT molecular complexity index is 554. The molecule has 0 amide bonds. The zero-order valence-electron chi connectivity index (χ0n) is 10.7. The van der Waals surface area contributed by atoms with Crippen LogP contribution in [0, 0.1) is 0 Å². The van der Waals surface area contributed by atoms with Crippen LogP contribution in [0.1, 0.15) is 29.2 Å². The number of benzene rings is 1. The topological polar surface area (TPSA) is 42.4 Å². The van der Waals surface area contributed by atoms with Gasteiger partial charge in [0.15, 0.2) is 0 Å². The molecular formula is C16H17NO2. The van der Waals surface area contributed by atoms with Gasteiger partial charge in [-0.15, -0.1) is 0 Å². The summed E-state index contributed by atoms with van der Waals surface area (Å²) in [4.78, 5) is 4.09. The van der Waals surface area contributed by atoms with E-state index in [1.54, 1.807) is 6.20 Å². The smallest absolute Gasteiger partial charge is 0.128 e. The molecule has 1 aliphatic heterocycles. The summed E-state index contributed by atoms with van der Waals surface area (Å²) in [5.41, 5.74) is 3.27. The van der Waals surface area contributed by atoms with Crippen LogP contribution in [-0.2, 0) is 12.8 Å². The molecule has 0 saturated heterocycles. The highest BCUT2D eigenvalue weighted by molar-refractivity contribution is 5.45. The molecule has 19 heavy (non-hydrogen) atoms. The number of hydrogen-bond donors (Lipinski definition) is 1. The van der Waals surface area contributed by atoms with Crippen molar-refractivity contribution in [2.24, 2.45) is 0 Å². The quantitative estimate of drug-likeness (QED) is 0.913. The van der Waals surface area contributed by atoms with E-state index in [1.807, 2.05) is 30.5 Å². The number of para-hydroxylation sites is 1. The van der Waals surface area contributed by atoms with E-state index in [1.165, 1.54) is 5.56 Å². The van der Waals surface area contributed by atoms with E-state index in [9.17, 15) is 5.11 Å². The zero-order valence-corrected chi connectivity index (χ0v) is 10.7. The molecule has 0 saturated carbocycles. The molecule has 0 fully saturated rings. The first-order valence-electron chi connectivity index (χ1n) is 6.66. The lowest BCUT2D eigenvalue weighted by Gasteiger charge is -2.14. The fraction of sp³-hybridized carbons (Fsp3) is 0.312. The van der Waals surface area contributed by atoms with Crippen molar-refractivity contribution in [1.82, 2.24) is 4.98 Å². The van der Waals surface area contributed by atoms with Gasteiger partial charge in [-0.3, -0.25) is 4.98 Å². The number of aliphatic hydroxyl groups excluding tert-OH is 1. The van der Waals surface area contributed by atoms with Crippen molar-refractivity contribution in [3.63, 3.8) is 0 Å². The first kappa shape index (κ1) is 12.2. The van der Waals surface area contributed by atoms with Crippen molar-refractivity contribution >= 4 is 0 Å². The maximum atomic E-state index is 10.3. The Hall–Kier alpha value is -1.87. The highest BCUT2D eigenvalue weighted by Gasteiger charge is 2.20. The normalized spacial score (nSPS) is 14.8. The third-order valence-corrected chi connectivity index (χ3v) is 3.53. The van der Waals surface area contributed by atoms with Crippen LogP contribution < -0.4 is 4.74 Å². The maximum absolute atomic E-state index is 10.3. The summed E-state index contributed by atoms with van der Waals surface area (Å²) in [6, 6.07) is 9.98. The summed E-state index contributed by atoms with van der Waals surface area (Å²) in [5, 5.41) is 10.3. The molecular weight excluding hydrogens is 238 g/mol. The molecule has 2 heterocycles. The average molecular weight is 255 g/mol. The summed E-state index contributed by atoms with van der Waals surface area (Å²) in [5.74, 6) is 0.890. The Balaban J connectivity index is 1.71. The highest BCUT2D eigenvalue weighted by atomic mass is 16.5. The molecule has 0 bridgehead atoms. The van der Waals surface area contributed by atoms with Crippen LogP contribution >= 0.6 is 0 Å². The van der Waals surface area contributed by atoms with Gasteiger partial charge in [-0.25, -0.2) is 0 Å². The second kappa shape index (κ2) is 5.41. The summed E-state index contributed by atoms with van der Waals surface area (Å²) in [6.45, 7) is 0.724. The number of fused-ring (bicyclic) bond motifs is 1. The first-order chi connectivity index (χ1) is 9.34. The number of hydrogen-bond acceptors (Lipinski definition) is 3. The summed E-state index contributed by atoms with van der Waals surface area (Å²) in [6.07, 6.45) is 5.58. The molecule has 1 unspecified atom stereocenters. The van der Waals surface area contributed by atoms with E-state index in [-0.39, 0.29) is 0 Å². The predicted octanol–water partition coefficient (Wildman–Crippen LogP) is 2.68. The molecule has 98 valence electrons. The van der Waals surface area contributed by atoms with Gasteiger partial charge in [0.2, 0.25) is 0 Å². The predicted molar refractivity (Wildman–Crippen MR) is 73.2 cm³/mol. The number of pyridine rings is 1. The van der Waals surface area contributed by atoms with Gasteiger partial charge < -0.3 is 9.84 Å². The van der Waals surface area contributed by atoms with Crippen LogP contribution in [0.15, 0.2) is 42.7 Å². The number of rotatable bonds is 4. The van der Waals surface area contributed by atoms with Gasteiger partial charge in [0, 0.05) is 24.4 Å². The second-order valence-electron chi connectivity index (χ2n) is 4.85. The number of aliphatic hydroxyl groups is 1. The Morgan fingerprint density at radius 3 is 3.05 bits per heavy atom. The molecule has 0 aliphatic carbocycles. The Morgan fingerprint density at radius 1 is 1.26 bits per heavy atom. The van der Waals surface area contributed by atoms with Crippen LogP contribution in [0.2, 0.25) is 0 Å². The minimum absolute atomic E-state index is 0.478. The fourth-order valence-corrected chi connectivity index (χ4v) is 2.51. The maximum Gasteiger partial charge on any atom is 0.128 e. The standard InChI is InChI=1S/C16H17NO2/c18-15(7-6-12-3-2-9-17-11-12)14-5-1-4-13-8-10-19-16(13)14/h1-5,9,11,15,18H,6-8,10H2. The van der Waals surface area contributed by atoms with E-state index in [0.717, 1.165) is 36.3 Å². The SMILES string of the molecule is OC(CCc1cccnc1)c1cccc2c1OCC2. The second-order valence-corrected chi connectivity index (χ2v) is 4.85. The van der Waals surface area contributed by atoms with Crippen molar-refractivity contribution < 1.29 is 9.84 Å². The molecule has 0 radical (unpaired) electrons. The third-order valence-electron chi connectivity index (χ3n) is 3.53. The molecule has 3 nitrogen and oxygen atoms in total. The van der Waals surface area contributed by atoms with Crippen LogP contribution in [0.25, 0.3) is 0 Å². The fourth-order valence-electron chi connectivity index (χ4n) is 2.51. The van der Waals surface area contributed by atoms with E-state index in [0.29, 0.717) is 6.42 Å². The largest absolute Gasteiger partial charge is 0.493 e. The van der Waals surface area contributed by atoms with Crippen LogP contribution in [0.4, 0.5) is 0 Å². The molecule has 1 aromatic heterocycles. The van der Waals surface area contributed by atoms with Crippen molar-refractivity contribution in [2.45, 2.75) is 25.4 Å². The number of nitrogens with zero attached hydrogens (tertiary/aromatic N) is 1. The number of aryl methyl sites for hydroxylation is 1. The summed E-state index contributed by atoms with van der Waals surface area (Å²) >= 11 is 0. The summed E-state index contributed by atoms with van der Waals surface area (Å²) < 4.78 is 5.63. The highest BCUT2D eigenvalue weighted by Crippen LogP contribution is 2.34. The molecule has 1 aromatic carbocycles. The Labute approximate surface area is 112 Å². The Kier molecular flexibility index (Phi) is 3.47. The van der Waals surface area contributed by atoms with E-state index >= 15 is 0 Å². The van der Waals surface area contributed by atoms with E-state index in [4.69, 9.17) is 4.74 Å². The van der Waals surface area contributed by atoms with Gasteiger partial charge in [-0.05, 0) is 30.0 Å². The van der Waals surface area contributed by atoms with Crippen molar-refractivity contribution in [3.05, 3.63) is 59.4 Å². The van der Waals surface area contributed by atoms with Gasteiger partial charge in [0.1, 0.15) is 5.75 Å². The lowest BCUT2D eigenvalue weighted by Crippen LogP contribution is -2.02. The summed E-state index contributed by atoms with van der Waals surface area (Å²) in [7, 11) is 0. The molecule has 2 aromatic rings. The monoisotopic (exact) mass is 255 g/mol. The number of ether oxygens (including phenoxy) is 1. The Morgan fingerprint density at radius 2 is 2.21 bits per heavy atom. The van der Waals surface area contributed by atoms with Gasteiger partial charge >= 0.3 is 0 Å². The van der Waals surface area contributed by atoms with Crippen LogP contribution in [0.5, 0.6) is 5.75 Å². The number of aromatic nitrogens is 1. The van der Waals surface area contributed by atoms with Crippen LogP contribution in [-0.4, -0.2) is 16.7 Å². The molecule has 1 aliphatic rings. The van der Waals surface area contributed by atoms with Crippen molar-refractivity contribution in [3.8, 4) is 5.75 Å². The molecule has 1 N–H and O–H groups in total. The average Bonchev–Trinajstić information content (AvgIpc) is 2.94. The van der Waals surface area contributed by atoms with Crippen molar-refractivity contribution in [1.29, 1.82) is 0 Å². The molecule has 3 heteroatoms. The van der Waals surface area contributed by atoms with E-state index in [2.05, 4.69) is 11.1 Å². The lowest BCUT2D eigenvalue weighted by molar-refractivity contribution is 0.163. The molecule has 1 atom stereocenters. The van der Waals surface area contributed by atoms with Crippen molar-refractivity contribution in [2.75, 3.05) is 6.61 Å². The molecule has 3 rings (SSSR count). The van der Waals surface area contributed by atoms with Gasteiger partial charge in [-0.1, -0.05) is 24.3 Å². The van der Waals surface area contributed by atoms with E-state index < -0.39 is 6.10 Å². The molecule has 0 spiro atoms. The van der Waals surface area contributed by atoms with Gasteiger partial charge in [-0.2, -0.15) is 0 Å². The van der Waals surface area contributed by atoms with Crippen LogP contribution in [0.3, 0.4) is 0 Å². The van der Waals surface area contributed by atoms with Gasteiger partial charge in [0.25, 0.3) is 0 Å². The van der Waals surface area contributed by atoms with Gasteiger partial charge in [0.05, 0.1) is 12.7 Å². The first-order valence-corrected chi connectivity index (χ1v) is 6.66.